The molecule has 9 nitrogen and oxygen atoms in total. The maximum atomic E-state index is 13.3. The summed E-state index contributed by atoms with van der Waals surface area (Å²) in [6, 6.07) is 10.2. The molecule has 4 rings (SSSR count). The summed E-state index contributed by atoms with van der Waals surface area (Å²) in [7, 11) is 1.56. The lowest BCUT2D eigenvalue weighted by Gasteiger charge is -2.27. The summed E-state index contributed by atoms with van der Waals surface area (Å²) in [4.78, 5) is 26.1. The number of nitrogens with zero attached hydrogens (tertiary/aromatic N) is 2. The van der Waals surface area contributed by atoms with E-state index in [9.17, 15) is 14.9 Å². The Morgan fingerprint density at radius 1 is 1.23 bits per heavy atom. The van der Waals surface area contributed by atoms with Crippen LogP contribution >= 0.6 is 0 Å². The van der Waals surface area contributed by atoms with E-state index in [4.69, 9.17) is 14.2 Å². The molecular formula is C22H25N3O6. The second-order valence-electron chi connectivity index (χ2n) is 7.47. The van der Waals surface area contributed by atoms with Gasteiger partial charge in [0, 0.05) is 31.8 Å². The fourth-order valence-corrected chi connectivity index (χ4v) is 4.04. The second-order valence-corrected chi connectivity index (χ2v) is 7.47. The Morgan fingerprint density at radius 2 is 2.03 bits per heavy atom. The highest BCUT2D eigenvalue weighted by molar-refractivity contribution is 5.96. The van der Waals surface area contributed by atoms with Gasteiger partial charge in [-0.15, -0.1) is 0 Å². The molecule has 0 radical (unpaired) electrons. The third-order valence-corrected chi connectivity index (χ3v) is 5.53. The van der Waals surface area contributed by atoms with Crippen molar-refractivity contribution in [1.82, 2.24) is 4.90 Å². The van der Waals surface area contributed by atoms with Crippen LogP contribution in [0.1, 0.15) is 34.8 Å². The molecule has 2 aromatic rings. The molecule has 1 amide bonds. The normalized spacial score (nSPS) is 17.5. The molecule has 2 aliphatic rings. The smallest absolute Gasteiger partial charge is 0.293 e. The Kier molecular flexibility index (Phi) is 6.22. The number of nitro benzene ring substituents is 1. The summed E-state index contributed by atoms with van der Waals surface area (Å²) < 4.78 is 16.2. The number of hydrogen-bond acceptors (Lipinski definition) is 7. The van der Waals surface area contributed by atoms with Crippen LogP contribution in [0.3, 0.4) is 0 Å². The second kappa shape index (κ2) is 9.22. The maximum absolute atomic E-state index is 13.3. The van der Waals surface area contributed by atoms with E-state index >= 15 is 0 Å². The molecule has 0 aliphatic carbocycles. The van der Waals surface area contributed by atoms with Gasteiger partial charge < -0.3 is 24.4 Å². The van der Waals surface area contributed by atoms with Crippen LogP contribution in [0.4, 0.5) is 11.4 Å². The molecule has 2 heterocycles. The molecule has 2 aromatic carbocycles. The first kappa shape index (κ1) is 20.9. The minimum atomic E-state index is -0.478. The van der Waals surface area contributed by atoms with Gasteiger partial charge in [0.25, 0.3) is 11.6 Å². The Morgan fingerprint density at radius 3 is 2.81 bits per heavy atom. The Hall–Kier alpha value is -3.33. The predicted octanol–water partition coefficient (Wildman–Crippen LogP) is 3.40. The first-order chi connectivity index (χ1) is 15.1. The number of ether oxygens (including phenoxy) is 3. The SMILES string of the molecule is COCCNc1ccc(C(=O)N2CCC[C@@H]2c2ccc3c(c2)OCCO3)cc1[N+](=O)[O-]. The topological polar surface area (TPSA) is 103 Å². The highest BCUT2D eigenvalue weighted by atomic mass is 16.6. The van der Waals surface area contributed by atoms with E-state index in [1.165, 1.54) is 6.07 Å². The number of benzene rings is 2. The van der Waals surface area contributed by atoms with E-state index < -0.39 is 4.92 Å². The number of hydrogen-bond donors (Lipinski definition) is 1. The molecule has 164 valence electrons. The van der Waals surface area contributed by atoms with Crippen LogP contribution in [0.15, 0.2) is 36.4 Å². The summed E-state index contributed by atoms with van der Waals surface area (Å²) in [5.74, 6) is 1.17. The number of amides is 1. The lowest BCUT2D eigenvalue weighted by Crippen LogP contribution is -2.30. The molecule has 0 bridgehead atoms. The van der Waals surface area contributed by atoms with E-state index in [0.717, 1.165) is 18.4 Å². The number of nitro groups is 1. The molecule has 0 unspecified atom stereocenters. The molecular weight excluding hydrogens is 402 g/mol. The first-order valence-corrected chi connectivity index (χ1v) is 10.3. The largest absolute Gasteiger partial charge is 0.486 e. The number of fused-ring (bicyclic) bond motifs is 1. The van der Waals surface area contributed by atoms with Crippen LogP contribution in [0.5, 0.6) is 11.5 Å². The summed E-state index contributed by atoms with van der Waals surface area (Å²) in [5, 5.41) is 14.5. The number of anilines is 1. The van der Waals surface area contributed by atoms with Crippen LogP contribution in [0.2, 0.25) is 0 Å². The average molecular weight is 427 g/mol. The van der Waals surface area contributed by atoms with Gasteiger partial charge in [-0.1, -0.05) is 6.07 Å². The zero-order valence-corrected chi connectivity index (χ0v) is 17.3. The van der Waals surface area contributed by atoms with Gasteiger partial charge in [-0.3, -0.25) is 14.9 Å². The van der Waals surface area contributed by atoms with Gasteiger partial charge in [-0.05, 0) is 42.7 Å². The highest BCUT2D eigenvalue weighted by Gasteiger charge is 2.32. The van der Waals surface area contributed by atoms with Gasteiger partial charge in [0.1, 0.15) is 18.9 Å². The Balaban J connectivity index is 1.56. The average Bonchev–Trinajstić information content (AvgIpc) is 3.28. The fourth-order valence-electron chi connectivity index (χ4n) is 4.04. The van der Waals surface area contributed by atoms with Crippen molar-refractivity contribution < 1.29 is 23.9 Å². The Bertz CT molecular complexity index is 980. The summed E-state index contributed by atoms with van der Waals surface area (Å²) in [6.07, 6.45) is 1.69. The third kappa shape index (κ3) is 4.41. The van der Waals surface area contributed by atoms with Gasteiger partial charge in [0.15, 0.2) is 11.5 Å². The zero-order valence-electron chi connectivity index (χ0n) is 17.3. The number of methoxy groups -OCH3 is 1. The van der Waals surface area contributed by atoms with Gasteiger partial charge in [0.05, 0.1) is 17.6 Å². The van der Waals surface area contributed by atoms with E-state index in [0.29, 0.717) is 55.7 Å². The molecule has 2 aliphatic heterocycles. The van der Waals surface area contributed by atoms with Crippen molar-refractivity contribution in [3.05, 3.63) is 57.6 Å². The molecule has 1 saturated heterocycles. The van der Waals surface area contributed by atoms with Gasteiger partial charge in [0.2, 0.25) is 0 Å². The molecule has 1 fully saturated rings. The number of carbonyl (C=O) groups excluding carboxylic acids is 1. The van der Waals surface area contributed by atoms with Crippen LogP contribution in [0, 0.1) is 10.1 Å². The lowest BCUT2D eigenvalue weighted by molar-refractivity contribution is -0.384. The van der Waals surface area contributed by atoms with Crippen molar-refractivity contribution in [1.29, 1.82) is 0 Å². The zero-order chi connectivity index (χ0) is 21.8. The van der Waals surface area contributed by atoms with Crippen molar-refractivity contribution >= 4 is 17.3 Å². The van der Waals surface area contributed by atoms with Gasteiger partial charge >= 0.3 is 0 Å². The number of rotatable bonds is 7. The molecule has 0 spiro atoms. The van der Waals surface area contributed by atoms with Crippen molar-refractivity contribution in [3.63, 3.8) is 0 Å². The minimum absolute atomic E-state index is 0.109. The molecule has 1 N–H and O–H groups in total. The van der Waals surface area contributed by atoms with Gasteiger partial charge in [-0.25, -0.2) is 0 Å². The molecule has 0 aromatic heterocycles. The summed E-state index contributed by atoms with van der Waals surface area (Å²) in [5.41, 5.74) is 1.51. The quantitative estimate of drug-likeness (QED) is 0.410. The molecule has 9 heteroatoms. The van der Waals surface area contributed by atoms with Crippen LogP contribution in [-0.4, -0.2) is 55.8 Å². The van der Waals surface area contributed by atoms with Crippen molar-refractivity contribution in [2.45, 2.75) is 18.9 Å². The monoisotopic (exact) mass is 427 g/mol. The van der Waals surface area contributed by atoms with Crippen LogP contribution < -0.4 is 14.8 Å². The van der Waals surface area contributed by atoms with Crippen LogP contribution in [0.25, 0.3) is 0 Å². The number of carbonyl (C=O) groups is 1. The molecule has 1 atom stereocenters. The van der Waals surface area contributed by atoms with Gasteiger partial charge in [-0.2, -0.15) is 0 Å². The predicted molar refractivity (Wildman–Crippen MR) is 114 cm³/mol. The molecule has 31 heavy (non-hydrogen) atoms. The lowest BCUT2D eigenvalue weighted by atomic mass is 10.0. The standard InChI is InChI=1S/C22H25N3O6/c1-29-10-8-23-17-6-4-16(13-19(17)25(27)28)22(26)24-9-2-3-18(24)15-5-7-20-21(14-15)31-12-11-30-20/h4-7,13-14,18,23H,2-3,8-12H2,1H3/t18-/m1/s1. The van der Waals surface area contributed by atoms with E-state index in [1.54, 1.807) is 24.1 Å². The van der Waals surface area contributed by atoms with E-state index in [-0.39, 0.29) is 17.6 Å². The van der Waals surface area contributed by atoms with Crippen molar-refractivity contribution in [2.75, 3.05) is 45.3 Å². The van der Waals surface area contributed by atoms with Crippen molar-refractivity contribution in [2.24, 2.45) is 0 Å². The van der Waals surface area contributed by atoms with E-state index in [1.807, 2.05) is 18.2 Å². The first-order valence-electron chi connectivity index (χ1n) is 10.3. The van der Waals surface area contributed by atoms with Crippen LogP contribution in [-0.2, 0) is 4.74 Å². The van der Waals surface area contributed by atoms with Crippen molar-refractivity contribution in [3.8, 4) is 11.5 Å². The molecule has 0 saturated carbocycles. The van der Waals surface area contributed by atoms with E-state index in [2.05, 4.69) is 5.32 Å². The summed E-state index contributed by atoms with van der Waals surface area (Å²) >= 11 is 0. The third-order valence-electron chi connectivity index (χ3n) is 5.53. The fraction of sp³-hybridized carbons (Fsp3) is 0.409. The summed E-state index contributed by atoms with van der Waals surface area (Å²) in [6.45, 7) is 2.47. The number of likely N-dealkylation sites (tertiary alicyclic amines) is 1. The Labute approximate surface area is 180 Å². The minimum Gasteiger partial charge on any atom is -0.486 e. The maximum Gasteiger partial charge on any atom is 0.293 e. The highest BCUT2D eigenvalue weighted by Crippen LogP contribution is 2.39. The number of nitrogens with one attached hydrogen (secondary N) is 1.